The molecule has 1 aliphatic rings. The summed E-state index contributed by atoms with van der Waals surface area (Å²) in [5, 5.41) is 6.26. The van der Waals surface area contributed by atoms with Gasteiger partial charge in [-0.25, -0.2) is 0 Å². The van der Waals surface area contributed by atoms with Gasteiger partial charge in [0.2, 0.25) is 5.91 Å². The van der Waals surface area contributed by atoms with Crippen LogP contribution in [0.5, 0.6) is 0 Å². The molecule has 2 N–H and O–H groups in total. The number of carbonyl (C=O) groups is 1. The number of hydrogen-bond donors (Lipinski definition) is 2. The number of nitrogens with one attached hydrogen (secondary N) is 2. The Kier molecular flexibility index (Phi) is 5.41. The number of nitrogens with zero attached hydrogens (tertiary/aromatic N) is 1. The minimum absolute atomic E-state index is 0.0566. The molecular formula is C16H27N3OS. The first-order valence-corrected chi connectivity index (χ1v) is 8.55. The predicted molar refractivity (Wildman–Crippen MR) is 88.8 cm³/mol. The first-order chi connectivity index (χ1) is 9.91. The van der Waals surface area contributed by atoms with Gasteiger partial charge in [-0.05, 0) is 24.5 Å². The molecule has 1 aromatic heterocycles. The Morgan fingerprint density at radius 3 is 2.86 bits per heavy atom. The molecule has 1 aromatic rings. The third-order valence-electron chi connectivity index (χ3n) is 3.77. The van der Waals surface area contributed by atoms with Crippen molar-refractivity contribution in [3.8, 4) is 0 Å². The van der Waals surface area contributed by atoms with Crippen LogP contribution in [0.4, 0.5) is 0 Å². The van der Waals surface area contributed by atoms with Crippen molar-refractivity contribution in [2.24, 2.45) is 0 Å². The van der Waals surface area contributed by atoms with Gasteiger partial charge in [0, 0.05) is 42.5 Å². The van der Waals surface area contributed by atoms with Crippen LogP contribution in [0.3, 0.4) is 0 Å². The van der Waals surface area contributed by atoms with Crippen LogP contribution in [0.15, 0.2) is 12.1 Å². The Balaban J connectivity index is 2.05. The summed E-state index contributed by atoms with van der Waals surface area (Å²) >= 11 is 1.87. The number of hydrogen-bond acceptors (Lipinski definition) is 4. The van der Waals surface area contributed by atoms with E-state index in [0.29, 0.717) is 6.54 Å². The molecule has 0 spiro atoms. The fourth-order valence-electron chi connectivity index (χ4n) is 2.55. The van der Waals surface area contributed by atoms with Crippen molar-refractivity contribution >= 4 is 17.2 Å². The molecule has 0 saturated carbocycles. The van der Waals surface area contributed by atoms with E-state index in [2.05, 4.69) is 48.4 Å². The molecule has 1 atom stereocenters. The largest absolute Gasteiger partial charge is 0.355 e. The van der Waals surface area contributed by atoms with Crippen LogP contribution < -0.4 is 10.6 Å². The molecule has 1 amide bonds. The SMILES string of the molecule is CCNC(=O)C1CNCCN1Cc1ccc(C(C)(C)C)s1. The average molecular weight is 309 g/mol. The molecule has 1 fully saturated rings. The second kappa shape index (κ2) is 6.90. The van der Waals surface area contributed by atoms with Gasteiger partial charge in [-0.2, -0.15) is 0 Å². The molecule has 1 aliphatic heterocycles. The van der Waals surface area contributed by atoms with Crippen molar-refractivity contribution in [2.45, 2.75) is 45.7 Å². The fraction of sp³-hybridized carbons (Fsp3) is 0.688. The Bertz CT molecular complexity index is 478. The predicted octanol–water partition coefficient (Wildman–Crippen LogP) is 1.96. The van der Waals surface area contributed by atoms with Gasteiger partial charge in [0.15, 0.2) is 0 Å². The number of amides is 1. The highest BCUT2D eigenvalue weighted by Gasteiger charge is 2.28. The summed E-state index contributed by atoms with van der Waals surface area (Å²) in [5.41, 5.74) is 0.200. The molecule has 0 radical (unpaired) electrons. The lowest BCUT2D eigenvalue weighted by Crippen LogP contribution is -2.57. The third-order valence-corrected chi connectivity index (χ3v) is 5.26. The molecule has 4 nitrogen and oxygen atoms in total. The van der Waals surface area contributed by atoms with Crippen LogP contribution in [-0.2, 0) is 16.8 Å². The smallest absolute Gasteiger partial charge is 0.238 e. The molecule has 21 heavy (non-hydrogen) atoms. The molecule has 2 heterocycles. The van der Waals surface area contributed by atoms with Gasteiger partial charge in [0.25, 0.3) is 0 Å². The van der Waals surface area contributed by atoms with Gasteiger partial charge in [0.05, 0.1) is 0 Å². The minimum Gasteiger partial charge on any atom is -0.355 e. The molecule has 0 bridgehead atoms. The minimum atomic E-state index is -0.0566. The number of piperazine rings is 1. The lowest BCUT2D eigenvalue weighted by Gasteiger charge is -2.34. The second-order valence-corrected chi connectivity index (χ2v) is 7.77. The number of thiophene rings is 1. The zero-order valence-electron chi connectivity index (χ0n) is 13.5. The van der Waals surface area contributed by atoms with Gasteiger partial charge in [-0.3, -0.25) is 9.69 Å². The van der Waals surface area contributed by atoms with Gasteiger partial charge in [-0.15, -0.1) is 11.3 Å². The van der Waals surface area contributed by atoms with Gasteiger partial charge in [0.1, 0.15) is 6.04 Å². The maximum Gasteiger partial charge on any atom is 0.238 e. The lowest BCUT2D eigenvalue weighted by atomic mass is 9.95. The van der Waals surface area contributed by atoms with E-state index in [-0.39, 0.29) is 17.4 Å². The van der Waals surface area contributed by atoms with Gasteiger partial charge >= 0.3 is 0 Å². The van der Waals surface area contributed by atoms with E-state index < -0.39 is 0 Å². The first kappa shape index (κ1) is 16.5. The van der Waals surface area contributed by atoms with Crippen molar-refractivity contribution in [1.29, 1.82) is 0 Å². The second-order valence-electron chi connectivity index (χ2n) is 6.60. The van der Waals surface area contributed by atoms with E-state index in [0.717, 1.165) is 26.2 Å². The topological polar surface area (TPSA) is 44.4 Å². The molecule has 1 unspecified atom stereocenters. The summed E-state index contributed by atoms with van der Waals surface area (Å²) < 4.78 is 0. The van der Waals surface area contributed by atoms with Crippen molar-refractivity contribution in [1.82, 2.24) is 15.5 Å². The maximum atomic E-state index is 12.2. The Labute approximate surface area is 131 Å². The molecule has 2 rings (SSSR count). The number of carbonyl (C=O) groups excluding carboxylic acids is 1. The average Bonchev–Trinajstić information content (AvgIpc) is 2.88. The maximum absolute atomic E-state index is 12.2. The highest BCUT2D eigenvalue weighted by molar-refractivity contribution is 7.12. The van der Waals surface area contributed by atoms with E-state index in [9.17, 15) is 4.79 Å². The van der Waals surface area contributed by atoms with E-state index in [4.69, 9.17) is 0 Å². The third kappa shape index (κ3) is 4.28. The molecule has 0 aromatic carbocycles. The summed E-state index contributed by atoms with van der Waals surface area (Å²) in [7, 11) is 0. The van der Waals surface area contributed by atoms with E-state index >= 15 is 0 Å². The summed E-state index contributed by atoms with van der Waals surface area (Å²) in [5.74, 6) is 0.136. The van der Waals surface area contributed by atoms with Crippen molar-refractivity contribution in [3.63, 3.8) is 0 Å². The fourth-order valence-corrected chi connectivity index (χ4v) is 3.64. The zero-order valence-corrected chi connectivity index (χ0v) is 14.3. The lowest BCUT2D eigenvalue weighted by molar-refractivity contribution is -0.127. The van der Waals surface area contributed by atoms with Gasteiger partial charge in [-0.1, -0.05) is 20.8 Å². The van der Waals surface area contributed by atoms with E-state index in [1.54, 1.807) is 0 Å². The summed E-state index contributed by atoms with van der Waals surface area (Å²) in [6.07, 6.45) is 0. The van der Waals surface area contributed by atoms with Crippen LogP contribution in [0.1, 0.15) is 37.4 Å². The number of likely N-dealkylation sites (N-methyl/N-ethyl adjacent to an activating group) is 1. The first-order valence-electron chi connectivity index (χ1n) is 7.73. The quantitative estimate of drug-likeness (QED) is 0.893. The molecule has 118 valence electrons. The van der Waals surface area contributed by atoms with Crippen molar-refractivity contribution < 1.29 is 4.79 Å². The Morgan fingerprint density at radius 2 is 2.24 bits per heavy atom. The highest BCUT2D eigenvalue weighted by Crippen LogP contribution is 2.30. The Morgan fingerprint density at radius 1 is 1.48 bits per heavy atom. The molecule has 1 saturated heterocycles. The van der Waals surface area contributed by atoms with Crippen LogP contribution in [0.2, 0.25) is 0 Å². The zero-order chi connectivity index (χ0) is 15.5. The van der Waals surface area contributed by atoms with E-state index in [1.165, 1.54) is 9.75 Å². The normalized spacial score (nSPS) is 20.5. The van der Waals surface area contributed by atoms with Crippen molar-refractivity contribution in [3.05, 3.63) is 21.9 Å². The highest BCUT2D eigenvalue weighted by atomic mass is 32.1. The van der Waals surface area contributed by atoms with Crippen molar-refractivity contribution in [2.75, 3.05) is 26.2 Å². The molecule has 5 heteroatoms. The summed E-state index contributed by atoms with van der Waals surface area (Å²) in [4.78, 5) is 17.2. The standard InChI is InChI=1S/C16H27N3OS/c1-5-18-15(20)13-10-17-8-9-19(13)11-12-6-7-14(21-12)16(2,3)4/h6-7,13,17H,5,8-11H2,1-4H3,(H,18,20). The van der Waals surface area contributed by atoms with Crippen LogP contribution in [0.25, 0.3) is 0 Å². The summed E-state index contributed by atoms with van der Waals surface area (Å²) in [6, 6.07) is 4.38. The monoisotopic (exact) mass is 309 g/mol. The Hall–Kier alpha value is -0.910. The van der Waals surface area contributed by atoms with Crippen LogP contribution in [-0.4, -0.2) is 43.0 Å². The molecule has 0 aliphatic carbocycles. The number of rotatable bonds is 4. The summed E-state index contributed by atoms with van der Waals surface area (Å²) in [6.45, 7) is 12.9. The molecular weight excluding hydrogens is 282 g/mol. The van der Waals surface area contributed by atoms with Gasteiger partial charge < -0.3 is 10.6 Å². The van der Waals surface area contributed by atoms with Crippen LogP contribution >= 0.6 is 11.3 Å². The van der Waals surface area contributed by atoms with Crippen LogP contribution in [0, 0.1) is 0 Å². The van der Waals surface area contributed by atoms with E-state index in [1.807, 2.05) is 18.3 Å².